The Hall–Kier alpha value is -0.530. The van der Waals surface area contributed by atoms with E-state index < -0.39 is 0 Å². The van der Waals surface area contributed by atoms with E-state index in [1.807, 2.05) is 0 Å². The molecular weight excluding hydrogens is 308 g/mol. The lowest BCUT2D eigenvalue weighted by molar-refractivity contribution is -0.339. The molecule has 0 aromatic heterocycles. The van der Waals surface area contributed by atoms with Gasteiger partial charge in [-0.25, -0.2) is 0 Å². The Bertz CT molecular complexity index is 861. The van der Waals surface area contributed by atoms with Gasteiger partial charge in [0.2, 0.25) is 0 Å². The summed E-state index contributed by atoms with van der Waals surface area (Å²) >= 11 is 0. The Morgan fingerprint density at radius 2 is 1.20 bits per heavy atom. The van der Waals surface area contributed by atoms with Crippen LogP contribution in [-0.4, -0.2) is 13.1 Å². The van der Waals surface area contributed by atoms with Crippen LogP contribution in [0.2, 0.25) is 0 Å². The Balaban J connectivity index is 1.41. The molecule has 2 heteroatoms. The van der Waals surface area contributed by atoms with Gasteiger partial charge in [0.15, 0.2) is 0 Å². The lowest BCUT2D eigenvalue weighted by Gasteiger charge is -2.79. The minimum Gasteiger partial charge on any atom is -0.469 e. The van der Waals surface area contributed by atoms with Crippen LogP contribution in [-0.2, 0) is 9.53 Å². The van der Waals surface area contributed by atoms with Crippen molar-refractivity contribution in [3.8, 4) is 0 Å². The van der Waals surface area contributed by atoms with Gasteiger partial charge in [0.25, 0.3) is 0 Å². The third kappa shape index (κ3) is 0.478. The van der Waals surface area contributed by atoms with Crippen LogP contribution in [0.25, 0.3) is 0 Å². The summed E-state index contributed by atoms with van der Waals surface area (Å²) in [6.45, 7) is 0. The predicted octanol–water partition coefficient (Wildman–Crippen LogP) is 2.83. The van der Waals surface area contributed by atoms with Gasteiger partial charge in [-0.1, -0.05) is 0 Å². The fraction of sp³-hybridized carbons (Fsp3) is 0.957. The molecule has 0 aromatic carbocycles. The van der Waals surface area contributed by atoms with E-state index in [1.54, 1.807) is 32.8 Å². The van der Waals surface area contributed by atoms with Crippen molar-refractivity contribution in [3.63, 3.8) is 0 Å². The van der Waals surface area contributed by atoms with Gasteiger partial charge in [-0.05, 0) is 118 Å². The number of esters is 1. The maximum atomic E-state index is 13.1. The highest BCUT2D eigenvalue weighted by molar-refractivity contribution is 5.79. The molecule has 0 saturated heterocycles. The van der Waals surface area contributed by atoms with Gasteiger partial charge < -0.3 is 4.74 Å². The number of methoxy groups -OCH3 is 1. The van der Waals surface area contributed by atoms with Crippen molar-refractivity contribution in [3.05, 3.63) is 0 Å². The molecule has 128 valence electrons. The SMILES string of the molecule is COC(=O)C1[C@@H]2[C@H]3[C@H]4[C@H]5CC[C@@H]3[C@@]36[C@@H]7C[C@H]8[C@@H]9[C@@H]7[C@@H]7C[C@H]9[C@]([C@@H]14)([C@@]583)[C@@]276. The standard InChI is InChI=1S/C23H24O2/c1-25-19(24)16-17-14-6-2-3-7-15(14)18(16)23-11-5-10-12-8-4-9(13(11)12)21(7,23)20(6,8)22(10,17)23/h6-18H,2-5H2,1H3/t6-,7+,8+,9-,10-,11+,12-,13-,14+,15+,16?,17-,18+,20+,21-,22+,23-/m0/s1. The zero-order valence-corrected chi connectivity index (χ0v) is 14.7. The largest absolute Gasteiger partial charge is 0.469 e. The molecule has 0 N–H and O–H groups in total. The smallest absolute Gasteiger partial charge is 0.309 e. The second-order valence-corrected chi connectivity index (χ2v) is 12.6. The molecule has 8 bridgehead atoms. The van der Waals surface area contributed by atoms with Crippen molar-refractivity contribution in [2.45, 2.75) is 25.7 Å². The molecule has 0 heterocycles. The van der Waals surface area contributed by atoms with Crippen molar-refractivity contribution in [1.82, 2.24) is 0 Å². The number of carbonyl (C=O) groups excluding carboxylic acids is 1. The zero-order chi connectivity index (χ0) is 15.6. The Labute approximate surface area is 147 Å². The van der Waals surface area contributed by atoms with Crippen LogP contribution >= 0.6 is 0 Å². The molecule has 0 amide bonds. The molecule has 25 heavy (non-hydrogen) atoms. The van der Waals surface area contributed by atoms with E-state index >= 15 is 0 Å². The van der Waals surface area contributed by atoms with Gasteiger partial charge in [-0.2, -0.15) is 0 Å². The van der Waals surface area contributed by atoms with Crippen LogP contribution in [0, 0.1) is 98.6 Å². The van der Waals surface area contributed by atoms with E-state index in [0.717, 1.165) is 81.8 Å². The molecule has 13 aliphatic carbocycles. The van der Waals surface area contributed by atoms with Gasteiger partial charge in [0.05, 0.1) is 13.0 Å². The summed E-state index contributed by atoms with van der Waals surface area (Å²) in [6, 6.07) is 0. The quantitative estimate of drug-likeness (QED) is 0.690. The Morgan fingerprint density at radius 1 is 0.720 bits per heavy atom. The van der Waals surface area contributed by atoms with Crippen LogP contribution in [0.15, 0.2) is 0 Å². The highest BCUT2D eigenvalue weighted by Gasteiger charge is 3.19. The summed E-state index contributed by atoms with van der Waals surface area (Å²) in [7, 11) is 1.68. The van der Waals surface area contributed by atoms with Gasteiger partial charge in [-0.15, -0.1) is 0 Å². The number of fused-ring (bicyclic) bond motifs is 1. The van der Waals surface area contributed by atoms with E-state index in [4.69, 9.17) is 4.74 Å². The summed E-state index contributed by atoms with van der Waals surface area (Å²) in [6.07, 6.45) is 6.38. The van der Waals surface area contributed by atoms with Crippen LogP contribution in [0.4, 0.5) is 0 Å². The van der Waals surface area contributed by atoms with Gasteiger partial charge in [-0.3, -0.25) is 4.79 Å². The zero-order valence-electron chi connectivity index (χ0n) is 14.7. The summed E-state index contributed by atoms with van der Waals surface area (Å²) in [5, 5.41) is 0. The number of rotatable bonds is 1. The van der Waals surface area contributed by atoms with Gasteiger partial charge in [0.1, 0.15) is 0 Å². The number of carbonyl (C=O) groups is 1. The highest BCUT2D eigenvalue weighted by Crippen LogP contribution is 3.22. The first-order valence-electron chi connectivity index (χ1n) is 11.4. The summed E-state index contributed by atoms with van der Waals surface area (Å²) in [5.74, 6) is 12.9. The molecule has 13 fully saturated rings. The van der Waals surface area contributed by atoms with E-state index in [-0.39, 0.29) is 5.97 Å². The van der Waals surface area contributed by atoms with E-state index in [1.165, 1.54) is 0 Å². The topological polar surface area (TPSA) is 26.3 Å². The second kappa shape index (κ2) is 2.39. The van der Waals surface area contributed by atoms with Crippen molar-refractivity contribution >= 4 is 5.97 Å². The number of hydrogen-bond acceptors (Lipinski definition) is 2. The normalized spacial score (nSPS) is 92.0. The van der Waals surface area contributed by atoms with Gasteiger partial charge in [0, 0.05) is 0 Å². The molecule has 0 aliphatic heterocycles. The summed E-state index contributed by atoms with van der Waals surface area (Å²) in [5.41, 5.74) is 2.95. The highest BCUT2D eigenvalue weighted by atomic mass is 16.5. The van der Waals surface area contributed by atoms with E-state index in [2.05, 4.69) is 0 Å². The molecule has 13 saturated carbocycles. The lowest BCUT2D eigenvalue weighted by atomic mass is 9.24. The fourth-order valence-corrected chi connectivity index (χ4v) is 17.5. The van der Waals surface area contributed by atoms with E-state index in [9.17, 15) is 4.79 Å². The predicted molar refractivity (Wildman–Crippen MR) is 85.6 cm³/mol. The molecule has 2 nitrogen and oxygen atoms in total. The molecule has 4 spiro atoms. The fourth-order valence-electron chi connectivity index (χ4n) is 17.5. The molecule has 1 unspecified atom stereocenters. The maximum Gasteiger partial charge on any atom is 0.309 e. The van der Waals surface area contributed by atoms with Crippen LogP contribution in [0.3, 0.4) is 0 Å². The number of hydrogen-bond donors (Lipinski definition) is 0. The van der Waals surface area contributed by atoms with Crippen LogP contribution in [0.1, 0.15) is 25.7 Å². The van der Waals surface area contributed by atoms with Crippen molar-refractivity contribution in [2.75, 3.05) is 7.11 Å². The molecule has 0 aromatic rings. The molecule has 0 radical (unpaired) electrons. The first-order valence-corrected chi connectivity index (χ1v) is 11.4. The average Bonchev–Trinajstić information content (AvgIpc) is 3.38. The van der Waals surface area contributed by atoms with Gasteiger partial charge >= 0.3 is 5.97 Å². The summed E-state index contributed by atoms with van der Waals surface area (Å²) in [4.78, 5) is 13.1. The lowest BCUT2D eigenvalue weighted by Crippen LogP contribution is -2.77. The minimum atomic E-state index is 0.230. The third-order valence-corrected chi connectivity index (χ3v) is 14.9. The van der Waals surface area contributed by atoms with Crippen molar-refractivity contribution in [1.29, 1.82) is 0 Å². The molecule has 13 rings (SSSR count). The van der Waals surface area contributed by atoms with Crippen molar-refractivity contribution < 1.29 is 9.53 Å². The van der Waals surface area contributed by atoms with E-state index in [0.29, 0.717) is 16.7 Å². The van der Waals surface area contributed by atoms with Crippen LogP contribution < -0.4 is 0 Å². The Morgan fingerprint density at radius 3 is 1.68 bits per heavy atom. The molecular formula is C23H24O2. The first kappa shape index (κ1) is 11.3. The Kier molecular flexibility index (Phi) is 1.08. The second-order valence-electron chi connectivity index (χ2n) is 12.6. The maximum absolute atomic E-state index is 13.1. The average molecular weight is 332 g/mol. The monoisotopic (exact) mass is 332 g/mol. The number of ether oxygens (including phenoxy) is 1. The summed E-state index contributed by atoms with van der Waals surface area (Å²) < 4.78 is 5.51. The molecule has 13 aliphatic rings. The minimum absolute atomic E-state index is 0.230. The first-order chi connectivity index (χ1) is 12.3. The van der Waals surface area contributed by atoms with Crippen LogP contribution in [0.5, 0.6) is 0 Å². The van der Waals surface area contributed by atoms with Crippen molar-refractivity contribution in [2.24, 2.45) is 98.6 Å². The third-order valence-electron chi connectivity index (χ3n) is 14.9. The molecule has 17 atom stereocenters.